The molecule has 0 aliphatic heterocycles. The summed E-state index contributed by atoms with van der Waals surface area (Å²) in [7, 11) is 1.58. The van der Waals surface area contributed by atoms with Crippen LogP contribution in [0.2, 0.25) is 0 Å². The second-order valence-electron chi connectivity index (χ2n) is 15.0. The second-order valence-corrected chi connectivity index (χ2v) is 16.5. The van der Waals surface area contributed by atoms with E-state index >= 15 is 0 Å². The monoisotopic (exact) mass is 704 g/mol. The smallest absolute Gasteiger partial charge is 0.387 e. The molecule has 9 heteroatoms. The van der Waals surface area contributed by atoms with E-state index in [0.29, 0.717) is 17.4 Å². The van der Waals surface area contributed by atoms with E-state index in [1.807, 2.05) is 27.2 Å². The van der Waals surface area contributed by atoms with Crippen LogP contribution >= 0.6 is 7.82 Å². The van der Waals surface area contributed by atoms with Crippen LogP contribution in [0.25, 0.3) is 0 Å². The van der Waals surface area contributed by atoms with Crippen molar-refractivity contribution in [1.82, 2.24) is 5.32 Å². The Bertz CT molecular complexity index is 804. The molecule has 0 heterocycles. The van der Waals surface area contributed by atoms with Gasteiger partial charge in [0.05, 0.1) is 39.9 Å². The van der Waals surface area contributed by atoms with E-state index in [4.69, 9.17) is 9.05 Å². The zero-order valence-electron chi connectivity index (χ0n) is 32.2. The molecule has 0 rings (SSSR count). The van der Waals surface area contributed by atoms with E-state index in [2.05, 4.69) is 19.2 Å². The maximum absolute atomic E-state index is 12.8. The van der Waals surface area contributed by atoms with Gasteiger partial charge >= 0.3 is 7.82 Å². The van der Waals surface area contributed by atoms with Crippen LogP contribution < -0.4 is 5.32 Å². The normalized spacial score (nSPS) is 14.7. The number of nitrogens with one attached hydrogen (secondary N) is 1. The van der Waals surface area contributed by atoms with E-state index in [0.717, 1.165) is 38.5 Å². The summed E-state index contributed by atoms with van der Waals surface area (Å²) in [4.78, 5) is 22.9. The lowest BCUT2D eigenvalue weighted by atomic mass is 10.0. The first-order valence-corrected chi connectivity index (χ1v) is 21.6. The molecule has 0 aliphatic carbocycles. The van der Waals surface area contributed by atoms with Gasteiger partial charge in [-0.2, -0.15) is 0 Å². The second kappa shape index (κ2) is 32.2. The number of carbonyl (C=O) groups excluding carboxylic acids is 1. The number of nitrogens with zero attached hydrogens (tertiary/aromatic N) is 1. The highest BCUT2D eigenvalue weighted by Crippen LogP contribution is 2.43. The van der Waals surface area contributed by atoms with Gasteiger partial charge in [-0.1, -0.05) is 167 Å². The average Bonchev–Trinajstić information content (AvgIpc) is 3.02. The molecule has 0 aromatic heterocycles. The Hall–Kier alpha value is -0.760. The molecule has 48 heavy (non-hydrogen) atoms. The third-order valence-electron chi connectivity index (χ3n) is 9.01. The summed E-state index contributed by atoms with van der Waals surface area (Å²) in [5, 5.41) is 13.7. The van der Waals surface area contributed by atoms with E-state index in [-0.39, 0.29) is 19.1 Å². The van der Waals surface area contributed by atoms with Crippen molar-refractivity contribution in [3.8, 4) is 0 Å². The number of aliphatic hydroxyl groups excluding tert-OH is 1. The third kappa shape index (κ3) is 33.7. The number of aliphatic hydroxyl groups is 1. The maximum atomic E-state index is 12.8. The first-order chi connectivity index (χ1) is 23.0. The molecule has 0 fully saturated rings. The van der Waals surface area contributed by atoms with Crippen molar-refractivity contribution in [1.29, 1.82) is 0 Å². The minimum atomic E-state index is -4.32. The summed E-state index contributed by atoms with van der Waals surface area (Å²) in [6.45, 7) is 4.77. The molecule has 0 saturated carbocycles. The molecule has 3 atom stereocenters. The molecular weight excluding hydrogens is 623 g/mol. The van der Waals surface area contributed by atoms with Crippen LogP contribution in [-0.2, 0) is 18.4 Å². The van der Waals surface area contributed by atoms with Gasteiger partial charge in [0.2, 0.25) is 5.91 Å². The van der Waals surface area contributed by atoms with E-state index in [1.54, 1.807) is 6.08 Å². The van der Waals surface area contributed by atoms with Gasteiger partial charge in [0.1, 0.15) is 13.2 Å². The number of phosphoric ester groups is 1. The molecule has 0 radical (unpaired) electrons. The average molecular weight is 704 g/mol. The van der Waals surface area contributed by atoms with E-state index < -0.39 is 20.0 Å². The van der Waals surface area contributed by atoms with Crippen LogP contribution in [0.3, 0.4) is 0 Å². The van der Waals surface area contributed by atoms with Crippen LogP contribution in [0.1, 0.15) is 181 Å². The number of quaternary nitrogens is 1. The first kappa shape index (κ1) is 47.2. The molecule has 1 amide bonds. The molecule has 0 aromatic rings. The maximum Gasteiger partial charge on any atom is 0.472 e. The molecule has 0 bridgehead atoms. The molecule has 0 saturated heterocycles. The summed E-state index contributed by atoms with van der Waals surface area (Å²) >= 11 is 0. The van der Waals surface area contributed by atoms with Gasteiger partial charge in [-0.3, -0.25) is 13.8 Å². The van der Waals surface area contributed by atoms with Gasteiger partial charge in [0.15, 0.2) is 0 Å². The highest BCUT2D eigenvalue weighted by atomic mass is 31.2. The van der Waals surface area contributed by atoms with Crippen LogP contribution in [0, 0.1) is 0 Å². The Kier molecular flexibility index (Phi) is 31.7. The molecule has 0 spiro atoms. The van der Waals surface area contributed by atoms with E-state index in [1.165, 1.54) is 122 Å². The Morgan fingerprint density at radius 2 is 1.10 bits per heavy atom. The van der Waals surface area contributed by atoms with Crippen LogP contribution in [0.4, 0.5) is 0 Å². The summed E-state index contributed by atoms with van der Waals surface area (Å²) < 4.78 is 23.4. The number of rotatable bonds is 36. The highest BCUT2D eigenvalue weighted by molar-refractivity contribution is 7.47. The number of carbonyl (C=O) groups is 1. The Balaban J connectivity index is 4.30. The van der Waals surface area contributed by atoms with Crippen molar-refractivity contribution >= 4 is 13.7 Å². The fourth-order valence-corrected chi connectivity index (χ4v) is 6.48. The minimum absolute atomic E-state index is 0.0639. The number of amides is 1. The van der Waals surface area contributed by atoms with Crippen molar-refractivity contribution < 1.29 is 32.9 Å². The Morgan fingerprint density at radius 1 is 0.688 bits per heavy atom. The van der Waals surface area contributed by atoms with Crippen LogP contribution in [-0.4, -0.2) is 73.4 Å². The van der Waals surface area contributed by atoms with Gasteiger partial charge in [0.25, 0.3) is 0 Å². The summed E-state index contributed by atoms with van der Waals surface area (Å²) in [6, 6.07) is -0.837. The lowest BCUT2D eigenvalue weighted by molar-refractivity contribution is -0.870. The Morgan fingerprint density at radius 3 is 1.54 bits per heavy atom. The van der Waals surface area contributed by atoms with Crippen LogP contribution in [0.15, 0.2) is 12.2 Å². The quantitative estimate of drug-likeness (QED) is 0.0260. The third-order valence-corrected chi connectivity index (χ3v) is 9.99. The standard InChI is InChI=1S/C39H79N2O6P/c1-6-8-10-12-14-16-17-18-19-20-21-22-23-24-25-27-29-31-33-39(43)40-37(36-47-48(44,45)46-35-34-41(3,4)5)38(42)32-30-28-26-15-13-11-9-7-2/h30,32,37-38,42H,6-29,31,33-36H2,1-5H3,(H-,40,43,44,45)/p+1/b32-30+. The molecular formula is C39H80N2O6P+. The van der Waals surface area contributed by atoms with Gasteiger partial charge in [-0.15, -0.1) is 0 Å². The van der Waals surface area contributed by atoms with Crippen molar-refractivity contribution in [2.24, 2.45) is 0 Å². The fourth-order valence-electron chi connectivity index (χ4n) is 5.75. The number of likely N-dealkylation sites (N-methyl/N-ethyl adjacent to an activating group) is 1. The molecule has 3 unspecified atom stereocenters. The Labute approximate surface area is 297 Å². The molecule has 0 aromatic carbocycles. The highest BCUT2D eigenvalue weighted by Gasteiger charge is 2.27. The summed E-state index contributed by atoms with van der Waals surface area (Å²) in [5.74, 6) is -0.179. The zero-order chi connectivity index (χ0) is 35.8. The predicted octanol–water partition coefficient (Wildman–Crippen LogP) is 10.4. The van der Waals surface area contributed by atoms with Crippen molar-refractivity contribution in [2.45, 2.75) is 193 Å². The van der Waals surface area contributed by atoms with E-state index in [9.17, 15) is 19.4 Å². The zero-order valence-corrected chi connectivity index (χ0v) is 33.1. The van der Waals surface area contributed by atoms with Crippen molar-refractivity contribution in [3.05, 3.63) is 12.2 Å². The van der Waals surface area contributed by atoms with Crippen molar-refractivity contribution in [2.75, 3.05) is 40.9 Å². The molecule has 0 aliphatic rings. The van der Waals surface area contributed by atoms with Gasteiger partial charge in [0, 0.05) is 6.42 Å². The number of unbranched alkanes of at least 4 members (excludes halogenated alkanes) is 23. The van der Waals surface area contributed by atoms with Crippen molar-refractivity contribution in [3.63, 3.8) is 0 Å². The predicted molar refractivity (Wildman–Crippen MR) is 203 cm³/mol. The molecule has 3 N–H and O–H groups in total. The number of phosphoric acid groups is 1. The largest absolute Gasteiger partial charge is 0.472 e. The lowest BCUT2D eigenvalue weighted by Crippen LogP contribution is -2.45. The molecule has 286 valence electrons. The van der Waals surface area contributed by atoms with Gasteiger partial charge in [-0.25, -0.2) is 4.57 Å². The number of allylic oxidation sites excluding steroid dienone is 1. The summed E-state index contributed by atoms with van der Waals surface area (Å²) in [6.07, 6.45) is 34.3. The fraction of sp³-hybridized carbons (Fsp3) is 0.923. The molecule has 8 nitrogen and oxygen atoms in total. The van der Waals surface area contributed by atoms with Gasteiger partial charge in [-0.05, 0) is 19.3 Å². The van der Waals surface area contributed by atoms with Crippen LogP contribution in [0.5, 0.6) is 0 Å². The topological polar surface area (TPSA) is 105 Å². The first-order valence-electron chi connectivity index (χ1n) is 20.1. The number of hydrogen-bond acceptors (Lipinski definition) is 5. The number of hydrogen-bond donors (Lipinski definition) is 3. The summed E-state index contributed by atoms with van der Waals surface area (Å²) in [5.41, 5.74) is 0. The minimum Gasteiger partial charge on any atom is -0.387 e. The lowest BCUT2D eigenvalue weighted by Gasteiger charge is -2.25. The van der Waals surface area contributed by atoms with Gasteiger partial charge < -0.3 is 19.8 Å². The SMILES string of the molecule is CCCCCCCC/C=C/C(O)C(COP(=O)(O)OCC[N+](C)(C)C)NC(=O)CCCCCCCCCCCCCCCCCCCC.